The molecule has 0 spiro atoms. The number of aryl methyl sites for hydroxylation is 1. The third kappa shape index (κ3) is 2.03. The Hall–Kier alpha value is -1.82. The highest BCUT2D eigenvalue weighted by molar-refractivity contribution is 7.08. The van der Waals surface area contributed by atoms with Crippen LogP contribution < -0.4 is 5.73 Å². The molecule has 0 aliphatic heterocycles. The van der Waals surface area contributed by atoms with E-state index < -0.39 is 5.97 Å². The number of thiophene rings is 1. The minimum atomic E-state index is -0.484. The first-order chi connectivity index (χ1) is 8.15. The van der Waals surface area contributed by atoms with Gasteiger partial charge in [-0.25, -0.2) is 9.78 Å². The number of carbonyl (C=O) groups is 1. The van der Waals surface area contributed by atoms with E-state index in [0.29, 0.717) is 18.2 Å². The third-order valence-electron chi connectivity index (χ3n) is 2.31. The molecule has 0 amide bonds. The van der Waals surface area contributed by atoms with Crippen LogP contribution in [-0.4, -0.2) is 22.1 Å². The van der Waals surface area contributed by atoms with Crippen molar-refractivity contribution in [1.29, 1.82) is 0 Å². The van der Waals surface area contributed by atoms with Crippen LogP contribution in [0.25, 0.3) is 5.69 Å². The van der Waals surface area contributed by atoms with Crippen molar-refractivity contribution < 1.29 is 9.53 Å². The van der Waals surface area contributed by atoms with Gasteiger partial charge in [0, 0.05) is 5.38 Å². The van der Waals surface area contributed by atoms with E-state index >= 15 is 0 Å². The normalized spacial score (nSPS) is 10.5. The SMILES string of the molecule is CCOC(=O)c1nc(C)n(-c2ccsc2)c1N. The molecule has 2 heterocycles. The number of nitrogen functional groups attached to an aromatic ring is 1. The Bertz CT molecular complexity index is 531. The van der Waals surface area contributed by atoms with E-state index in [9.17, 15) is 4.79 Å². The Labute approximate surface area is 103 Å². The first-order valence-electron chi connectivity index (χ1n) is 5.19. The van der Waals surface area contributed by atoms with E-state index in [1.54, 1.807) is 29.8 Å². The van der Waals surface area contributed by atoms with E-state index in [1.807, 2.05) is 16.8 Å². The molecule has 5 nitrogen and oxygen atoms in total. The molecular weight excluding hydrogens is 238 g/mol. The predicted molar refractivity (Wildman–Crippen MR) is 66.5 cm³/mol. The molecule has 6 heteroatoms. The fourth-order valence-electron chi connectivity index (χ4n) is 1.61. The number of nitrogens with zero attached hydrogens (tertiary/aromatic N) is 2. The number of imidazole rings is 1. The van der Waals surface area contributed by atoms with Gasteiger partial charge in [0.1, 0.15) is 11.6 Å². The van der Waals surface area contributed by atoms with Gasteiger partial charge in [-0.1, -0.05) is 0 Å². The zero-order valence-corrected chi connectivity index (χ0v) is 10.5. The minimum absolute atomic E-state index is 0.176. The smallest absolute Gasteiger partial charge is 0.360 e. The van der Waals surface area contributed by atoms with Crippen molar-refractivity contribution in [3.8, 4) is 5.69 Å². The molecule has 0 atom stereocenters. The molecule has 90 valence electrons. The van der Waals surface area contributed by atoms with E-state index in [4.69, 9.17) is 10.5 Å². The van der Waals surface area contributed by atoms with Crippen molar-refractivity contribution in [1.82, 2.24) is 9.55 Å². The zero-order chi connectivity index (χ0) is 12.4. The van der Waals surface area contributed by atoms with Gasteiger partial charge in [0.2, 0.25) is 0 Å². The van der Waals surface area contributed by atoms with Crippen LogP contribution in [0, 0.1) is 6.92 Å². The van der Waals surface area contributed by atoms with Crippen molar-refractivity contribution in [3.63, 3.8) is 0 Å². The van der Waals surface area contributed by atoms with Crippen LogP contribution in [0.1, 0.15) is 23.2 Å². The molecule has 0 aromatic carbocycles. The van der Waals surface area contributed by atoms with Crippen molar-refractivity contribution in [2.24, 2.45) is 0 Å². The molecule has 0 aliphatic rings. The third-order valence-corrected chi connectivity index (χ3v) is 2.98. The molecule has 0 saturated heterocycles. The van der Waals surface area contributed by atoms with Crippen LogP contribution in [0.5, 0.6) is 0 Å². The molecule has 0 aliphatic carbocycles. The number of rotatable bonds is 3. The highest BCUT2D eigenvalue weighted by Gasteiger charge is 2.20. The lowest BCUT2D eigenvalue weighted by Crippen LogP contribution is -2.09. The van der Waals surface area contributed by atoms with Crippen molar-refractivity contribution in [2.45, 2.75) is 13.8 Å². The lowest BCUT2D eigenvalue weighted by atomic mass is 10.4. The largest absolute Gasteiger partial charge is 0.461 e. The van der Waals surface area contributed by atoms with E-state index in [2.05, 4.69) is 4.98 Å². The summed E-state index contributed by atoms with van der Waals surface area (Å²) in [6.45, 7) is 3.86. The average molecular weight is 251 g/mol. The van der Waals surface area contributed by atoms with Crippen LogP contribution >= 0.6 is 11.3 Å². The van der Waals surface area contributed by atoms with Gasteiger partial charge >= 0.3 is 5.97 Å². The van der Waals surface area contributed by atoms with E-state index in [1.165, 1.54) is 0 Å². The molecule has 0 saturated carbocycles. The Kier molecular flexibility index (Phi) is 3.14. The number of aromatic nitrogens is 2. The minimum Gasteiger partial charge on any atom is -0.461 e. The molecule has 0 fully saturated rings. The Morgan fingerprint density at radius 2 is 2.41 bits per heavy atom. The molecule has 0 bridgehead atoms. The van der Waals surface area contributed by atoms with Gasteiger partial charge in [0.05, 0.1) is 12.3 Å². The van der Waals surface area contributed by atoms with E-state index in [-0.39, 0.29) is 5.69 Å². The summed E-state index contributed by atoms with van der Waals surface area (Å²) >= 11 is 1.56. The second-order valence-corrected chi connectivity index (χ2v) is 4.21. The monoisotopic (exact) mass is 251 g/mol. The van der Waals surface area contributed by atoms with Gasteiger partial charge in [-0.05, 0) is 25.3 Å². The van der Waals surface area contributed by atoms with Crippen molar-refractivity contribution in [3.05, 3.63) is 28.3 Å². The van der Waals surface area contributed by atoms with Crippen LogP contribution in [0.4, 0.5) is 5.82 Å². The molecule has 2 aromatic heterocycles. The maximum atomic E-state index is 11.6. The van der Waals surface area contributed by atoms with Gasteiger partial charge in [-0.2, -0.15) is 11.3 Å². The molecule has 0 unspecified atom stereocenters. The van der Waals surface area contributed by atoms with Crippen LogP contribution in [0.15, 0.2) is 16.8 Å². The molecule has 17 heavy (non-hydrogen) atoms. The van der Waals surface area contributed by atoms with Gasteiger partial charge in [0.25, 0.3) is 0 Å². The number of hydrogen-bond acceptors (Lipinski definition) is 5. The van der Waals surface area contributed by atoms with Gasteiger partial charge in [0.15, 0.2) is 5.69 Å². The summed E-state index contributed by atoms with van der Waals surface area (Å²) in [4.78, 5) is 15.8. The molecule has 2 N–H and O–H groups in total. The second-order valence-electron chi connectivity index (χ2n) is 3.43. The summed E-state index contributed by atoms with van der Waals surface area (Å²) in [5, 5.41) is 3.89. The highest BCUT2D eigenvalue weighted by Crippen LogP contribution is 2.22. The van der Waals surface area contributed by atoms with Gasteiger partial charge in [-0.3, -0.25) is 4.57 Å². The first-order valence-corrected chi connectivity index (χ1v) is 6.14. The predicted octanol–water partition coefficient (Wildman–Crippen LogP) is 2.00. The number of hydrogen-bond donors (Lipinski definition) is 1. The average Bonchev–Trinajstić information content (AvgIpc) is 2.87. The van der Waals surface area contributed by atoms with Crippen molar-refractivity contribution >= 4 is 23.1 Å². The van der Waals surface area contributed by atoms with Crippen molar-refractivity contribution in [2.75, 3.05) is 12.3 Å². The molecule has 2 rings (SSSR count). The van der Waals surface area contributed by atoms with Gasteiger partial charge in [-0.15, -0.1) is 0 Å². The molecule has 2 aromatic rings. The Morgan fingerprint density at radius 1 is 1.65 bits per heavy atom. The topological polar surface area (TPSA) is 70.1 Å². The standard InChI is InChI=1S/C11H13N3O2S/c1-3-16-11(15)9-10(12)14(7(2)13-9)8-4-5-17-6-8/h4-6H,3,12H2,1-2H3. The van der Waals surface area contributed by atoms with Crippen LogP contribution in [-0.2, 0) is 4.74 Å². The number of nitrogens with two attached hydrogens (primary N) is 1. The quantitative estimate of drug-likeness (QED) is 0.847. The summed E-state index contributed by atoms with van der Waals surface area (Å²) in [5.41, 5.74) is 7.02. The highest BCUT2D eigenvalue weighted by atomic mass is 32.1. The van der Waals surface area contributed by atoms with Gasteiger partial charge < -0.3 is 10.5 Å². The second kappa shape index (κ2) is 4.58. The fourth-order valence-corrected chi connectivity index (χ4v) is 2.23. The first kappa shape index (κ1) is 11.7. The number of carbonyl (C=O) groups excluding carboxylic acids is 1. The summed E-state index contributed by atoms with van der Waals surface area (Å²) in [6.07, 6.45) is 0. The number of esters is 1. The maximum Gasteiger partial charge on any atom is 0.360 e. The Morgan fingerprint density at radius 3 is 3.00 bits per heavy atom. The number of anilines is 1. The molecule has 0 radical (unpaired) electrons. The van der Waals surface area contributed by atoms with Crippen LogP contribution in [0.3, 0.4) is 0 Å². The summed E-state index contributed by atoms with van der Waals surface area (Å²) in [7, 11) is 0. The zero-order valence-electron chi connectivity index (χ0n) is 9.64. The van der Waals surface area contributed by atoms with E-state index in [0.717, 1.165) is 5.69 Å². The van der Waals surface area contributed by atoms with Crippen LogP contribution in [0.2, 0.25) is 0 Å². The molecular formula is C11H13N3O2S. The summed E-state index contributed by atoms with van der Waals surface area (Å²) in [5.74, 6) is 0.505. The summed E-state index contributed by atoms with van der Waals surface area (Å²) < 4.78 is 6.64. The fraction of sp³-hybridized carbons (Fsp3) is 0.273. The Balaban J connectivity index is 2.46. The lowest BCUT2D eigenvalue weighted by Gasteiger charge is -2.04. The maximum absolute atomic E-state index is 11.6. The number of ether oxygens (including phenoxy) is 1. The summed E-state index contributed by atoms with van der Waals surface area (Å²) in [6, 6.07) is 1.92. The lowest BCUT2D eigenvalue weighted by molar-refractivity contribution is 0.0521.